The van der Waals surface area contributed by atoms with E-state index in [1.807, 2.05) is 0 Å². The van der Waals surface area contributed by atoms with Crippen molar-refractivity contribution in [2.24, 2.45) is 0 Å². The highest BCUT2D eigenvalue weighted by Gasteiger charge is 2.24. The summed E-state index contributed by atoms with van der Waals surface area (Å²) in [4.78, 5) is 9.78. The molecular formula is C7H8N2O5S. The number of carbonyl (C=O) groups is 1. The van der Waals surface area contributed by atoms with Crippen LogP contribution < -0.4 is 11.5 Å². The molecule has 0 unspecified atom stereocenters. The highest BCUT2D eigenvalue weighted by molar-refractivity contribution is 7.86. The van der Waals surface area contributed by atoms with Crippen LogP contribution >= 0.6 is 0 Å². The number of carboxylic acids is 1. The van der Waals surface area contributed by atoms with Gasteiger partial charge < -0.3 is 16.6 Å². The van der Waals surface area contributed by atoms with Crippen LogP contribution in [0.3, 0.4) is 0 Å². The second-order valence-electron chi connectivity index (χ2n) is 2.73. The third-order valence-corrected chi connectivity index (χ3v) is 2.67. The molecule has 0 bridgehead atoms. The van der Waals surface area contributed by atoms with Crippen LogP contribution in [0.15, 0.2) is 17.0 Å². The Labute approximate surface area is 85.1 Å². The Morgan fingerprint density at radius 2 is 1.80 bits per heavy atom. The largest absolute Gasteiger partial charge is 0.478 e. The van der Waals surface area contributed by atoms with Gasteiger partial charge in [0.05, 0.1) is 16.9 Å². The number of aromatic carboxylic acids is 1. The Morgan fingerprint density at radius 3 is 2.20 bits per heavy atom. The molecule has 0 aromatic heterocycles. The van der Waals surface area contributed by atoms with Crippen LogP contribution in [0, 0.1) is 0 Å². The lowest BCUT2D eigenvalue weighted by molar-refractivity contribution is 0.0692. The first kappa shape index (κ1) is 11.3. The summed E-state index contributed by atoms with van der Waals surface area (Å²) in [5.74, 6) is -1.52. The molecule has 1 aromatic rings. The minimum Gasteiger partial charge on any atom is -0.478 e. The van der Waals surface area contributed by atoms with Gasteiger partial charge in [0.25, 0.3) is 10.1 Å². The molecule has 0 heterocycles. The predicted octanol–water partition coefficient (Wildman–Crippen LogP) is -0.204. The number of nitrogens with two attached hydrogens (primary N) is 2. The van der Waals surface area contributed by atoms with Crippen LogP contribution in [0.2, 0.25) is 0 Å². The van der Waals surface area contributed by atoms with E-state index in [0.717, 1.165) is 12.1 Å². The molecule has 0 saturated heterocycles. The van der Waals surface area contributed by atoms with Crippen LogP contribution in [0.4, 0.5) is 11.4 Å². The van der Waals surface area contributed by atoms with Gasteiger partial charge >= 0.3 is 5.97 Å². The summed E-state index contributed by atoms with van der Waals surface area (Å²) in [6.45, 7) is 0. The van der Waals surface area contributed by atoms with E-state index >= 15 is 0 Å². The van der Waals surface area contributed by atoms with E-state index in [4.69, 9.17) is 21.1 Å². The van der Waals surface area contributed by atoms with Crippen LogP contribution in [0.25, 0.3) is 0 Å². The van der Waals surface area contributed by atoms with Gasteiger partial charge in [-0.1, -0.05) is 0 Å². The summed E-state index contributed by atoms with van der Waals surface area (Å²) < 4.78 is 30.6. The lowest BCUT2D eigenvalue weighted by Gasteiger charge is -2.08. The average Bonchev–Trinajstić information content (AvgIpc) is 2.06. The molecule has 0 aliphatic rings. The first-order valence-corrected chi connectivity index (χ1v) is 5.08. The van der Waals surface area contributed by atoms with E-state index in [2.05, 4.69) is 0 Å². The summed E-state index contributed by atoms with van der Waals surface area (Å²) in [7, 11) is -4.72. The van der Waals surface area contributed by atoms with E-state index < -0.39 is 32.2 Å². The Bertz CT molecular complexity index is 522. The molecule has 82 valence electrons. The highest BCUT2D eigenvalue weighted by Crippen LogP contribution is 2.28. The molecule has 7 nitrogen and oxygen atoms in total. The van der Waals surface area contributed by atoms with Gasteiger partial charge in [-0.3, -0.25) is 4.55 Å². The molecule has 6 N–H and O–H groups in total. The second-order valence-corrected chi connectivity index (χ2v) is 4.08. The molecule has 0 amide bonds. The molecular weight excluding hydrogens is 224 g/mol. The normalized spacial score (nSPS) is 11.3. The minimum atomic E-state index is -4.72. The molecule has 0 spiro atoms. The van der Waals surface area contributed by atoms with Gasteiger partial charge in [-0.05, 0) is 12.1 Å². The van der Waals surface area contributed by atoms with Gasteiger partial charge in [0.2, 0.25) is 0 Å². The van der Waals surface area contributed by atoms with Gasteiger partial charge in [0.15, 0.2) is 0 Å². The zero-order chi connectivity index (χ0) is 11.8. The number of nitrogen functional groups attached to an aromatic ring is 2. The molecule has 15 heavy (non-hydrogen) atoms. The summed E-state index contributed by atoms with van der Waals surface area (Å²) in [6, 6.07) is 2.10. The zero-order valence-electron chi connectivity index (χ0n) is 7.34. The lowest BCUT2D eigenvalue weighted by atomic mass is 10.2. The second kappa shape index (κ2) is 3.41. The monoisotopic (exact) mass is 232 g/mol. The molecule has 0 saturated carbocycles. The topological polar surface area (TPSA) is 144 Å². The van der Waals surface area contributed by atoms with Crippen LogP contribution in [-0.2, 0) is 10.1 Å². The predicted molar refractivity (Wildman–Crippen MR) is 52.0 cm³/mol. The van der Waals surface area contributed by atoms with Crippen molar-refractivity contribution in [2.75, 3.05) is 11.5 Å². The molecule has 0 fully saturated rings. The third kappa shape index (κ3) is 2.00. The van der Waals surface area contributed by atoms with Crippen molar-refractivity contribution in [3.05, 3.63) is 17.7 Å². The summed E-state index contributed by atoms with van der Waals surface area (Å²) in [6.07, 6.45) is 0. The maximum Gasteiger partial charge on any atom is 0.337 e. The number of carboxylic acid groups (broad SMARTS) is 1. The van der Waals surface area contributed by atoms with Gasteiger partial charge in [-0.25, -0.2) is 4.79 Å². The maximum absolute atomic E-state index is 10.9. The van der Waals surface area contributed by atoms with Crippen LogP contribution in [0.1, 0.15) is 10.4 Å². The third-order valence-electron chi connectivity index (χ3n) is 1.72. The smallest absolute Gasteiger partial charge is 0.337 e. The number of anilines is 2. The van der Waals surface area contributed by atoms with Crippen molar-refractivity contribution >= 4 is 27.5 Å². The Kier molecular flexibility index (Phi) is 2.56. The van der Waals surface area contributed by atoms with Crippen molar-refractivity contribution < 1.29 is 22.9 Å². The fraction of sp³-hybridized carbons (Fsp3) is 0. The van der Waals surface area contributed by atoms with Gasteiger partial charge in [0, 0.05) is 0 Å². The fourth-order valence-corrected chi connectivity index (χ4v) is 1.89. The maximum atomic E-state index is 10.9. The quantitative estimate of drug-likeness (QED) is 0.408. The van der Waals surface area contributed by atoms with Crippen molar-refractivity contribution in [3.63, 3.8) is 0 Å². The van der Waals surface area contributed by atoms with Crippen molar-refractivity contribution in [1.82, 2.24) is 0 Å². The molecule has 0 atom stereocenters. The van der Waals surface area contributed by atoms with Gasteiger partial charge in [-0.2, -0.15) is 8.42 Å². The van der Waals surface area contributed by atoms with Crippen LogP contribution in [0.5, 0.6) is 0 Å². The van der Waals surface area contributed by atoms with E-state index in [0.29, 0.717) is 0 Å². The van der Waals surface area contributed by atoms with Crippen LogP contribution in [-0.4, -0.2) is 24.0 Å². The number of benzene rings is 1. The summed E-state index contributed by atoms with van der Waals surface area (Å²) in [5.41, 5.74) is 9.36. The highest BCUT2D eigenvalue weighted by atomic mass is 32.2. The number of rotatable bonds is 2. The van der Waals surface area contributed by atoms with Crippen molar-refractivity contribution in [1.29, 1.82) is 0 Å². The standard InChI is InChI=1S/C7H8N2O5S/c8-4-2-1-3(7(10)11)6(5(4)9)15(12,13)14/h1-2H,8-9H2,(H,10,11)(H,12,13,14). The molecule has 1 rings (SSSR count). The molecule has 1 aromatic carbocycles. The number of hydrogen-bond acceptors (Lipinski definition) is 5. The number of hydrogen-bond donors (Lipinski definition) is 4. The Hall–Kier alpha value is -1.80. The molecule has 8 heteroatoms. The average molecular weight is 232 g/mol. The van der Waals surface area contributed by atoms with Gasteiger partial charge in [0.1, 0.15) is 4.90 Å². The molecule has 0 aliphatic heterocycles. The summed E-state index contributed by atoms with van der Waals surface area (Å²) >= 11 is 0. The first-order chi connectivity index (χ1) is 6.75. The minimum absolute atomic E-state index is 0.118. The zero-order valence-corrected chi connectivity index (χ0v) is 8.15. The SMILES string of the molecule is Nc1ccc(C(=O)O)c(S(=O)(=O)O)c1N. The van der Waals surface area contributed by atoms with E-state index in [-0.39, 0.29) is 5.69 Å². The first-order valence-electron chi connectivity index (χ1n) is 3.64. The Morgan fingerprint density at radius 1 is 1.27 bits per heavy atom. The lowest BCUT2D eigenvalue weighted by Crippen LogP contribution is -2.12. The van der Waals surface area contributed by atoms with Crippen molar-refractivity contribution in [3.8, 4) is 0 Å². The van der Waals surface area contributed by atoms with E-state index in [9.17, 15) is 13.2 Å². The summed E-state index contributed by atoms with van der Waals surface area (Å²) in [5, 5.41) is 8.67. The molecule has 0 radical (unpaired) electrons. The Balaban J connectivity index is 3.72. The van der Waals surface area contributed by atoms with E-state index in [1.54, 1.807) is 0 Å². The van der Waals surface area contributed by atoms with E-state index in [1.165, 1.54) is 0 Å². The fourth-order valence-electron chi connectivity index (χ4n) is 1.06. The van der Waals surface area contributed by atoms with Gasteiger partial charge in [-0.15, -0.1) is 0 Å². The van der Waals surface area contributed by atoms with Crippen molar-refractivity contribution in [2.45, 2.75) is 4.90 Å². The molecule has 0 aliphatic carbocycles.